The van der Waals surface area contributed by atoms with Crippen LogP contribution in [0.25, 0.3) is 28.9 Å². The minimum atomic E-state index is 0.708. The molecule has 4 aromatic rings. The third-order valence-corrected chi connectivity index (χ3v) is 4.36. The van der Waals surface area contributed by atoms with Crippen LogP contribution < -0.4 is 11.5 Å². The molecule has 4 N–H and O–H groups in total. The number of benzene rings is 3. The Bertz CT molecular complexity index is 1090. The van der Waals surface area contributed by atoms with Crippen LogP contribution in [-0.4, -0.2) is 9.55 Å². The number of nitrogen functional groups attached to an aromatic ring is 2. The van der Waals surface area contributed by atoms with Crippen LogP contribution >= 0.6 is 0 Å². The van der Waals surface area contributed by atoms with E-state index in [2.05, 4.69) is 35.8 Å². The maximum absolute atomic E-state index is 5.94. The van der Waals surface area contributed by atoms with Gasteiger partial charge in [0.05, 0.1) is 11.0 Å². The van der Waals surface area contributed by atoms with Gasteiger partial charge < -0.3 is 11.5 Å². The fraction of sp³-hybridized carbons (Fsp3) is 0.0455. The van der Waals surface area contributed by atoms with Crippen molar-refractivity contribution in [2.75, 3.05) is 11.5 Å². The second kappa shape index (κ2) is 6.41. The van der Waals surface area contributed by atoms with Gasteiger partial charge in [0.15, 0.2) is 0 Å². The van der Waals surface area contributed by atoms with Crippen LogP contribution in [-0.2, 0) is 0 Å². The van der Waals surface area contributed by atoms with Gasteiger partial charge in [0.25, 0.3) is 0 Å². The Morgan fingerprint density at radius 3 is 2.23 bits per heavy atom. The summed E-state index contributed by atoms with van der Waals surface area (Å²) in [6.07, 6.45) is 4.05. The number of imidazole rings is 1. The van der Waals surface area contributed by atoms with Gasteiger partial charge in [-0.1, -0.05) is 35.9 Å². The van der Waals surface area contributed by atoms with Crippen molar-refractivity contribution >= 4 is 34.6 Å². The van der Waals surface area contributed by atoms with E-state index in [9.17, 15) is 0 Å². The molecule has 0 aliphatic heterocycles. The molecule has 0 saturated carbocycles. The lowest BCUT2D eigenvalue weighted by Gasteiger charge is -2.08. The molecule has 0 radical (unpaired) electrons. The molecule has 26 heavy (non-hydrogen) atoms. The first-order valence-electron chi connectivity index (χ1n) is 8.49. The number of fused-ring (bicyclic) bond motifs is 1. The first-order chi connectivity index (χ1) is 12.6. The Balaban J connectivity index is 1.86. The Morgan fingerprint density at radius 1 is 0.808 bits per heavy atom. The van der Waals surface area contributed by atoms with E-state index in [4.69, 9.17) is 16.5 Å². The average molecular weight is 340 g/mol. The van der Waals surface area contributed by atoms with Crippen LogP contribution in [0.3, 0.4) is 0 Å². The first kappa shape index (κ1) is 16.0. The minimum Gasteiger partial charge on any atom is -0.399 e. The third-order valence-electron chi connectivity index (χ3n) is 4.36. The number of aromatic nitrogens is 2. The molecule has 0 saturated heterocycles. The lowest BCUT2D eigenvalue weighted by Crippen LogP contribution is -1.97. The van der Waals surface area contributed by atoms with E-state index in [0.29, 0.717) is 5.69 Å². The van der Waals surface area contributed by atoms with E-state index in [1.165, 1.54) is 5.56 Å². The van der Waals surface area contributed by atoms with E-state index in [1.54, 1.807) is 0 Å². The SMILES string of the molecule is Cc1ccc(-n2c(C=Cc3ccc(N)cc3)nc3cc(N)ccc32)cc1. The van der Waals surface area contributed by atoms with E-state index < -0.39 is 0 Å². The van der Waals surface area contributed by atoms with Crippen molar-refractivity contribution in [1.29, 1.82) is 0 Å². The molecule has 128 valence electrons. The highest BCUT2D eigenvalue weighted by atomic mass is 15.1. The molecule has 0 unspecified atom stereocenters. The molecule has 3 aromatic carbocycles. The summed E-state index contributed by atoms with van der Waals surface area (Å²) < 4.78 is 2.14. The van der Waals surface area contributed by atoms with Gasteiger partial charge in [-0.3, -0.25) is 4.57 Å². The van der Waals surface area contributed by atoms with Crippen LogP contribution in [0, 0.1) is 6.92 Å². The molecule has 0 bridgehead atoms. The predicted octanol–water partition coefficient (Wildman–Crippen LogP) is 4.67. The zero-order chi connectivity index (χ0) is 18.1. The molecular formula is C22H20N4. The second-order valence-electron chi connectivity index (χ2n) is 6.39. The summed E-state index contributed by atoms with van der Waals surface area (Å²) in [6.45, 7) is 2.08. The fourth-order valence-corrected chi connectivity index (χ4v) is 2.97. The van der Waals surface area contributed by atoms with Crippen LogP contribution in [0.2, 0.25) is 0 Å². The zero-order valence-electron chi connectivity index (χ0n) is 14.6. The maximum atomic E-state index is 5.94. The first-order valence-corrected chi connectivity index (χ1v) is 8.49. The zero-order valence-corrected chi connectivity index (χ0v) is 14.6. The van der Waals surface area contributed by atoms with Crippen molar-refractivity contribution in [2.45, 2.75) is 6.92 Å². The normalized spacial score (nSPS) is 11.4. The van der Waals surface area contributed by atoms with Crippen molar-refractivity contribution in [2.24, 2.45) is 0 Å². The second-order valence-corrected chi connectivity index (χ2v) is 6.39. The molecule has 0 atom stereocenters. The lowest BCUT2D eigenvalue weighted by molar-refractivity contribution is 1.07. The number of nitrogens with zero attached hydrogens (tertiary/aromatic N) is 2. The molecule has 1 heterocycles. The highest BCUT2D eigenvalue weighted by Crippen LogP contribution is 2.25. The third kappa shape index (κ3) is 3.05. The monoisotopic (exact) mass is 340 g/mol. The highest BCUT2D eigenvalue weighted by molar-refractivity contribution is 5.84. The van der Waals surface area contributed by atoms with Gasteiger partial charge in [-0.25, -0.2) is 4.98 Å². The van der Waals surface area contributed by atoms with E-state index in [1.807, 2.05) is 54.6 Å². The summed E-state index contributed by atoms with van der Waals surface area (Å²) in [5, 5.41) is 0. The molecule has 4 nitrogen and oxygen atoms in total. The van der Waals surface area contributed by atoms with Gasteiger partial charge in [-0.05, 0) is 61.0 Å². The highest BCUT2D eigenvalue weighted by Gasteiger charge is 2.10. The van der Waals surface area contributed by atoms with Crippen LogP contribution in [0.5, 0.6) is 0 Å². The molecule has 0 amide bonds. The standard InChI is InChI=1S/C22H20N4/c1-15-2-10-19(11-3-15)26-21-12-9-18(24)14-20(21)25-22(26)13-6-16-4-7-17(23)8-5-16/h2-14H,23-24H2,1H3. The molecule has 0 fully saturated rings. The van der Waals surface area contributed by atoms with E-state index in [0.717, 1.165) is 33.8 Å². The van der Waals surface area contributed by atoms with Gasteiger partial charge in [0, 0.05) is 17.1 Å². The van der Waals surface area contributed by atoms with Crippen LogP contribution in [0.15, 0.2) is 66.7 Å². The van der Waals surface area contributed by atoms with E-state index >= 15 is 0 Å². The van der Waals surface area contributed by atoms with Crippen LogP contribution in [0.1, 0.15) is 17.0 Å². The summed E-state index contributed by atoms with van der Waals surface area (Å²) in [7, 11) is 0. The summed E-state index contributed by atoms with van der Waals surface area (Å²) in [6, 6.07) is 22.0. The lowest BCUT2D eigenvalue weighted by atomic mass is 10.2. The molecule has 0 spiro atoms. The largest absolute Gasteiger partial charge is 0.399 e. The number of aryl methyl sites for hydroxylation is 1. The average Bonchev–Trinajstić information content (AvgIpc) is 2.99. The minimum absolute atomic E-state index is 0.708. The van der Waals surface area contributed by atoms with Crippen molar-refractivity contribution in [3.8, 4) is 5.69 Å². The summed E-state index contributed by atoms with van der Waals surface area (Å²) in [5.74, 6) is 0.853. The molecule has 4 rings (SSSR count). The molecule has 0 aliphatic rings. The number of hydrogen-bond acceptors (Lipinski definition) is 3. The summed E-state index contributed by atoms with van der Waals surface area (Å²) in [4.78, 5) is 4.78. The quantitative estimate of drug-likeness (QED) is 0.533. The molecule has 4 heteroatoms. The number of rotatable bonds is 3. The molecule has 0 aliphatic carbocycles. The Morgan fingerprint density at radius 2 is 1.50 bits per heavy atom. The number of hydrogen-bond donors (Lipinski definition) is 2. The van der Waals surface area contributed by atoms with Crippen molar-refractivity contribution < 1.29 is 0 Å². The van der Waals surface area contributed by atoms with Gasteiger partial charge in [0.2, 0.25) is 0 Å². The molecular weight excluding hydrogens is 320 g/mol. The van der Waals surface area contributed by atoms with Crippen molar-refractivity contribution in [3.05, 3.63) is 83.7 Å². The Hall–Kier alpha value is -3.53. The predicted molar refractivity (Wildman–Crippen MR) is 110 cm³/mol. The Kier molecular flexibility index (Phi) is 3.93. The van der Waals surface area contributed by atoms with Gasteiger partial charge in [-0.2, -0.15) is 0 Å². The van der Waals surface area contributed by atoms with Crippen molar-refractivity contribution in [1.82, 2.24) is 9.55 Å². The number of anilines is 2. The van der Waals surface area contributed by atoms with Crippen molar-refractivity contribution in [3.63, 3.8) is 0 Å². The number of nitrogens with two attached hydrogens (primary N) is 2. The topological polar surface area (TPSA) is 69.9 Å². The smallest absolute Gasteiger partial charge is 0.138 e. The van der Waals surface area contributed by atoms with Gasteiger partial charge in [-0.15, -0.1) is 0 Å². The van der Waals surface area contributed by atoms with E-state index in [-0.39, 0.29) is 0 Å². The summed E-state index contributed by atoms with van der Waals surface area (Å²) in [5.41, 5.74) is 18.4. The summed E-state index contributed by atoms with van der Waals surface area (Å²) >= 11 is 0. The van der Waals surface area contributed by atoms with Crippen LogP contribution in [0.4, 0.5) is 11.4 Å². The van der Waals surface area contributed by atoms with Gasteiger partial charge >= 0.3 is 0 Å². The Labute approximate surface area is 152 Å². The molecule has 1 aromatic heterocycles. The maximum Gasteiger partial charge on any atom is 0.138 e. The van der Waals surface area contributed by atoms with Gasteiger partial charge in [0.1, 0.15) is 5.82 Å². The fourth-order valence-electron chi connectivity index (χ4n) is 2.97.